The van der Waals surface area contributed by atoms with Crippen LogP contribution in [0.25, 0.3) is 11.0 Å². The van der Waals surface area contributed by atoms with Gasteiger partial charge in [-0.2, -0.15) is 0 Å². The van der Waals surface area contributed by atoms with Crippen molar-refractivity contribution in [3.63, 3.8) is 0 Å². The predicted molar refractivity (Wildman–Crippen MR) is 104 cm³/mol. The van der Waals surface area contributed by atoms with Crippen LogP contribution in [0.4, 0.5) is 10.6 Å². The first-order chi connectivity index (χ1) is 13.1. The Morgan fingerprint density at radius 3 is 2.96 bits per heavy atom. The van der Waals surface area contributed by atoms with Crippen molar-refractivity contribution in [3.05, 3.63) is 17.1 Å². The van der Waals surface area contributed by atoms with Crippen molar-refractivity contribution >= 4 is 22.9 Å². The van der Waals surface area contributed by atoms with E-state index in [4.69, 9.17) is 15.5 Å². The van der Waals surface area contributed by atoms with Crippen molar-refractivity contribution in [2.24, 2.45) is 0 Å². The number of nitrogens with one attached hydrogen (secondary N) is 1. The van der Waals surface area contributed by atoms with Crippen molar-refractivity contribution in [1.29, 1.82) is 0 Å². The van der Waals surface area contributed by atoms with Gasteiger partial charge in [0.25, 0.3) is 0 Å². The molecule has 3 heterocycles. The zero-order valence-electron chi connectivity index (χ0n) is 16.1. The van der Waals surface area contributed by atoms with Crippen molar-refractivity contribution in [3.8, 4) is 0 Å². The first-order valence-corrected chi connectivity index (χ1v) is 9.77. The molecule has 0 radical (unpaired) electrons. The van der Waals surface area contributed by atoms with E-state index < -0.39 is 0 Å². The summed E-state index contributed by atoms with van der Waals surface area (Å²) in [5, 5.41) is 2.93. The average Bonchev–Trinajstić information content (AvgIpc) is 3.06. The second-order valence-electron chi connectivity index (χ2n) is 7.66. The summed E-state index contributed by atoms with van der Waals surface area (Å²) in [7, 11) is 3.49. The van der Waals surface area contributed by atoms with Crippen LogP contribution in [0.15, 0.2) is 0 Å². The number of rotatable bonds is 4. The maximum absolute atomic E-state index is 11.7. The third kappa shape index (κ3) is 3.34. The molecule has 0 spiro atoms. The van der Waals surface area contributed by atoms with Gasteiger partial charge in [0.05, 0.1) is 18.2 Å². The van der Waals surface area contributed by atoms with Crippen molar-refractivity contribution < 1.29 is 9.53 Å². The van der Waals surface area contributed by atoms with Gasteiger partial charge in [-0.3, -0.25) is 0 Å². The lowest BCUT2D eigenvalue weighted by molar-refractivity contribution is 0.0532. The highest BCUT2D eigenvalue weighted by Crippen LogP contribution is 2.36. The topological polar surface area (TPSA) is 98.3 Å². The number of carbonyl (C=O) groups excluding carboxylic acids is 1. The number of aryl methyl sites for hydroxylation is 2. The van der Waals surface area contributed by atoms with Gasteiger partial charge in [-0.15, -0.1) is 0 Å². The lowest BCUT2D eigenvalue weighted by atomic mass is 9.94. The lowest BCUT2D eigenvalue weighted by Gasteiger charge is -2.28. The fourth-order valence-corrected chi connectivity index (χ4v) is 4.17. The van der Waals surface area contributed by atoms with E-state index in [1.54, 1.807) is 19.0 Å². The van der Waals surface area contributed by atoms with E-state index in [2.05, 4.69) is 14.9 Å². The molecule has 2 aromatic heterocycles. The minimum Gasteiger partial charge on any atom is -0.382 e. The second kappa shape index (κ2) is 7.34. The van der Waals surface area contributed by atoms with Gasteiger partial charge >= 0.3 is 6.03 Å². The number of anilines is 1. The van der Waals surface area contributed by atoms with Crippen LogP contribution in [0, 0.1) is 0 Å². The van der Waals surface area contributed by atoms with E-state index in [-0.39, 0.29) is 12.1 Å². The van der Waals surface area contributed by atoms with Crippen LogP contribution < -0.4 is 11.1 Å². The summed E-state index contributed by atoms with van der Waals surface area (Å²) in [5.41, 5.74) is 10.7. The molecule has 0 aromatic carbocycles. The summed E-state index contributed by atoms with van der Waals surface area (Å²) < 4.78 is 8.14. The molecule has 4 rings (SSSR count). The van der Waals surface area contributed by atoms with Crippen LogP contribution >= 0.6 is 0 Å². The van der Waals surface area contributed by atoms with Crippen molar-refractivity contribution in [2.45, 2.75) is 51.2 Å². The molecule has 146 valence electrons. The Morgan fingerprint density at radius 2 is 2.15 bits per heavy atom. The largest absolute Gasteiger partial charge is 0.382 e. The number of aromatic nitrogens is 3. The SMILES string of the molecule is CN(C)C(=O)NCCC[C@H]1COCc2nc3c(N)nc4c(c3n21)CCCC4. The smallest absolute Gasteiger partial charge is 0.316 e. The Bertz CT molecular complexity index is 860. The number of hydrogen-bond donors (Lipinski definition) is 2. The molecule has 3 N–H and O–H groups in total. The van der Waals surface area contributed by atoms with E-state index in [9.17, 15) is 4.79 Å². The minimum absolute atomic E-state index is 0.0587. The Labute approximate surface area is 159 Å². The quantitative estimate of drug-likeness (QED) is 0.800. The maximum Gasteiger partial charge on any atom is 0.316 e. The number of nitrogens with two attached hydrogens (primary N) is 1. The number of carbonyl (C=O) groups is 1. The summed E-state index contributed by atoms with van der Waals surface area (Å²) in [6.45, 7) is 1.82. The summed E-state index contributed by atoms with van der Waals surface area (Å²) in [4.78, 5) is 22.6. The molecule has 2 aromatic rings. The van der Waals surface area contributed by atoms with Gasteiger partial charge in [-0.25, -0.2) is 14.8 Å². The number of hydrogen-bond acceptors (Lipinski definition) is 5. The zero-order valence-corrected chi connectivity index (χ0v) is 16.1. The summed E-state index contributed by atoms with van der Waals surface area (Å²) in [6, 6.07) is 0.152. The fraction of sp³-hybridized carbons (Fsp3) is 0.632. The number of imidazole rings is 1. The molecule has 1 aliphatic heterocycles. The maximum atomic E-state index is 11.7. The molecule has 8 heteroatoms. The summed E-state index contributed by atoms with van der Waals surface area (Å²) in [5.74, 6) is 1.47. The molecule has 1 aliphatic carbocycles. The summed E-state index contributed by atoms with van der Waals surface area (Å²) in [6.07, 6.45) is 6.19. The van der Waals surface area contributed by atoms with Crippen LogP contribution in [0.3, 0.4) is 0 Å². The molecule has 0 saturated carbocycles. The van der Waals surface area contributed by atoms with Gasteiger partial charge < -0.3 is 25.3 Å². The number of urea groups is 1. The predicted octanol–water partition coefficient (Wildman–Crippen LogP) is 2.01. The standard InChI is InChI=1S/C19H28N6O2/c1-24(2)19(26)21-9-5-6-12-10-27-11-15-23-16-17(25(12)15)13-7-3-4-8-14(13)22-18(16)20/h12H,3-11H2,1-2H3,(H2,20,22)(H,21,26)/t12-/m0/s1. The number of ether oxygens (including phenoxy) is 1. The molecule has 0 fully saturated rings. The lowest BCUT2D eigenvalue weighted by Crippen LogP contribution is -2.35. The molecule has 0 unspecified atom stereocenters. The van der Waals surface area contributed by atoms with Crippen LogP contribution in [-0.4, -0.2) is 52.7 Å². The number of fused-ring (bicyclic) bond motifs is 5. The monoisotopic (exact) mass is 372 g/mol. The van der Waals surface area contributed by atoms with Gasteiger partial charge in [0.15, 0.2) is 5.82 Å². The summed E-state index contributed by atoms with van der Waals surface area (Å²) >= 11 is 0. The van der Waals surface area contributed by atoms with E-state index in [0.29, 0.717) is 25.6 Å². The molecular formula is C19H28N6O2. The van der Waals surface area contributed by atoms with Gasteiger partial charge in [-0.1, -0.05) is 0 Å². The molecule has 2 amide bonds. The molecular weight excluding hydrogens is 344 g/mol. The Balaban J connectivity index is 1.60. The highest BCUT2D eigenvalue weighted by atomic mass is 16.5. The molecule has 8 nitrogen and oxygen atoms in total. The van der Waals surface area contributed by atoms with Crippen LogP contribution in [0.2, 0.25) is 0 Å². The average molecular weight is 372 g/mol. The number of pyridine rings is 1. The van der Waals surface area contributed by atoms with Crippen molar-refractivity contribution in [1.82, 2.24) is 24.8 Å². The molecule has 0 bridgehead atoms. The van der Waals surface area contributed by atoms with Crippen molar-refractivity contribution in [2.75, 3.05) is 33.0 Å². The third-order valence-corrected chi connectivity index (χ3v) is 5.51. The molecule has 0 saturated heterocycles. The first-order valence-electron chi connectivity index (χ1n) is 9.77. The fourth-order valence-electron chi connectivity index (χ4n) is 4.17. The molecule has 1 atom stereocenters. The first kappa shape index (κ1) is 18.0. The zero-order chi connectivity index (χ0) is 19.0. The van der Waals surface area contributed by atoms with Crippen LogP contribution in [-0.2, 0) is 24.2 Å². The Morgan fingerprint density at radius 1 is 1.33 bits per heavy atom. The van der Waals surface area contributed by atoms with Crippen LogP contribution in [0.1, 0.15) is 48.8 Å². The number of nitrogens with zero attached hydrogens (tertiary/aromatic N) is 4. The second-order valence-corrected chi connectivity index (χ2v) is 7.66. The minimum atomic E-state index is -0.0587. The van der Waals surface area contributed by atoms with Gasteiger partial charge in [-0.05, 0) is 44.1 Å². The highest BCUT2D eigenvalue weighted by molar-refractivity contribution is 5.89. The van der Waals surface area contributed by atoms with Gasteiger partial charge in [0.2, 0.25) is 0 Å². The number of amides is 2. The highest BCUT2D eigenvalue weighted by Gasteiger charge is 2.28. The van der Waals surface area contributed by atoms with E-state index >= 15 is 0 Å². The van der Waals surface area contributed by atoms with E-state index in [1.165, 1.54) is 18.4 Å². The Kier molecular flexibility index (Phi) is 4.90. The number of nitrogen functional groups attached to an aromatic ring is 1. The molecule has 2 aliphatic rings. The third-order valence-electron chi connectivity index (χ3n) is 5.51. The van der Waals surface area contributed by atoms with Crippen LogP contribution in [0.5, 0.6) is 0 Å². The van der Waals surface area contributed by atoms with Gasteiger partial charge in [0.1, 0.15) is 17.9 Å². The van der Waals surface area contributed by atoms with E-state index in [1.807, 2.05) is 0 Å². The Hall–Kier alpha value is -2.35. The normalized spacial score (nSPS) is 18.8. The van der Waals surface area contributed by atoms with Gasteiger partial charge in [0, 0.05) is 26.3 Å². The van der Waals surface area contributed by atoms with E-state index in [0.717, 1.165) is 48.2 Å². The molecule has 27 heavy (non-hydrogen) atoms.